The Morgan fingerprint density at radius 1 is 1.26 bits per heavy atom. The summed E-state index contributed by atoms with van der Waals surface area (Å²) in [6.07, 6.45) is 3.14. The molecule has 1 heterocycles. The molecule has 0 aliphatic rings. The number of nitro groups is 1. The first-order valence-electron chi connectivity index (χ1n) is 7.51. The van der Waals surface area contributed by atoms with Crippen molar-refractivity contribution in [2.75, 3.05) is 11.9 Å². The summed E-state index contributed by atoms with van der Waals surface area (Å²) in [6, 6.07) is 5.49. The third-order valence-corrected chi connectivity index (χ3v) is 3.49. The highest BCUT2D eigenvalue weighted by Crippen LogP contribution is 2.34. The molecule has 0 aliphatic carbocycles. The molecule has 0 unspecified atom stereocenters. The van der Waals surface area contributed by atoms with E-state index in [0.29, 0.717) is 12.3 Å². The average molecular weight is 316 g/mol. The fourth-order valence-corrected chi connectivity index (χ4v) is 2.00. The number of benzene rings is 1. The van der Waals surface area contributed by atoms with Gasteiger partial charge >= 0.3 is 11.6 Å². The third-order valence-electron chi connectivity index (χ3n) is 3.49. The van der Waals surface area contributed by atoms with Crippen LogP contribution in [0.3, 0.4) is 0 Å². The minimum atomic E-state index is -0.523. The van der Waals surface area contributed by atoms with Crippen LogP contribution in [0.15, 0.2) is 24.5 Å². The summed E-state index contributed by atoms with van der Waals surface area (Å²) >= 11 is 0. The van der Waals surface area contributed by atoms with E-state index in [1.807, 2.05) is 32.9 Å². The topological polar surface area (TPSA) is 90.2 Å². The van der Waals surface area contributed by atoms with Gasteiger partial charge in [0.15, 0.2) is 0 Å². The number of unbranched alkanes of at least 4 members (excludes halogenated alkanes) is 1. The van der Waals surface area contributed by atoms with E-state index in [9.17, 15) is 10.1 Å². The van der Waals surface area contributed by atoms with E-state index < -0.39 is 4.92 Å². The standard InChI is InChI=1S/C16H20N4O3/c1-4-5-8-17-15-14(20(21)22)16(19-10-18-15)23-13-7-6-11(2)12(3)9-13/h6-7,9-10H,4-5,8H2,1-3H3,(H,17,18,19). The number of hydrogen-bond acceptors (Lipinski definition) is 6. The third kappa shape index (κ3) is 4.15. The summed E-state index contributed by atoms with van der Waals surface area (Å²) in [5.74, 6) is 0.624. The van der Waals surface area contributed by atoms with E-state index >= 15 is 0 Å². The SMILES string of the molecule is CCCCNc1ncnc(Oc2ccc(C)c(C)c2)c1[N+](=O)[O-]. The molecule has 1 aromatic heterocycles. The minimum Gasteiger partial charge on any atom is -0.434 e. The first kappa shape index (κ1) is 16.7. The Bertz CT molecular complexity index is 704. The molecule has 1 N–H and O–H groups in total. The summed E-state index contributed by atoms with van der Waals surface area (Å²) in [6.45, 7) is 6.60. The predicted molar refractivity (Wildman–Crippen MR) is 88.1 cm³/mol. The maximum atomic E-state index is 11.4. The highest BCUT2D eigenvalue weighted by molar-refractivity contribution is 5.61. The Morgan fingerprint density at radius 2 is 2.04 bits per heavy atom. The second-order valence-corrected chi connectivity index (χ2v) is 5.26. The van der Waals surface area contributed by atoms with Gasteiger partial charge in [0.2, 0.25) is 5.82 Å². The number of anilines is 1. The zero-order valence-electron chi connectivity index (χ0n) is 13.5. The number of aryl methyl sites for hydroxylation is 2. The molecule has 0 spiro atoms. The van der Waals surface area contributed by atoms with Gasteiger partial charge in [0, 0.05) is 6.54 Å². The van der Waals surface area contributed by atoms with Crippen molar-refractivity contribution in [3.05, 3.63) is 45.8 Å². The number of nitrogens with one attached hydrogen (secondary N) is 1. The number of rotatable bonds is 7. The van der Waals surface area contributed by atoms with Gasteiger partial charge in [0.05, 0.1) is 4.92 Å². The van der Waals surface area contributed by atoms with Crippen LogP contribution < -0.4 is 10.1 Å². The zero-order valence-corrected chi connectivity index (χ0v) is 13.5. The molecule has 1 aromatic carbocycles. The summed E-state index contributed by atoms with van der Waals surface area (Å²) in [5.41, 5.74) is 1.92. The molecule has 0 bridgehead atoms. The molecule has 2 aromatic rings. The predicted octanol–water partition coefficient (Wildman–Crippen LogP) is 4.01. The Hall–Kier alpha value is -2.70. The Morgan fingerprint density at radius 3 is 2.70 bits per heavy atom. The van der Waals surface area contributed by atoms with E-state index in [1.165, 1.54) is 6.33 Å². The summed E-state index contributed by atoms with van der Waals surface area (Å²) in [5, 5.41) is 14.4. The van der Waals surface area contributed by atoms with Gasteiger partial charge in [-0.3, -0.25) is 10.1 Å². The lowest BCUT2D eigenvalue weighted by Gasteiger charge is -2.10. The smallest absolute Gasteiger partial charge is 0.373 e. The van der Waals surface area contributed by atoms with Crippen LogP contribution >= 0.6 is 0 Å². The fourth-order valence-electron chi connectivity index (χ4n) is 2.00. The highest BCUT2D eigenvalue weighted by Gasteiger charge is 2.24. The van der Waals surface area contributed by atoms with Crippen LogP contribution in [0.1, 0.15) is 30.9 Å². The molecule has 122 valence electrons. The highest BCUT2D eigenvalue weighted by atomic mass is 16.6. The van der Waals surface area contributed by atoms with Crippen molar-refractivity contribution in [1.29, 1.82) is 0 Å². The monoisotopic (exact) mass is 316 g/mol. The summed E-state index contributed by atoms with van der Waals surface area (Å²) in [4.78, 5) is 18.8. The summed E-state index contributed by atoms with van der Waals surface area (Å²) < 4.78 is 5.62. The van der Waals surface area contributed by atoms with Crippen molar-refractivity contribution >= 4 is 11.5 Å². The first-order valence-corrected chi connectivity index (χ1v) is 7.51. The minimum absolute atomic E-state index is 0.0627. The van der Waals surface area contributed by atoms with Gasteiger partial charge in [0.1, 0.15) is 12.1 Å². The maximum absolute atomic E-state index is 11.4. The van der Waals surface area contributed by atoms with E-state index in [0.717, 1.165) is 24.0 Å². The Labute approximate surface area is 134 Å². The molecule has 7 nitrogen and oxygen atoms in total. The van der Waals surface area contributed by atoms with Crippen molar-refractivity contribution in [1.82, 2.24) is 9.97 Å². The maximum Gasteiger partial charge on any atom is 0.373 e. The van der Waals surface area contributed by atoms with Crippen molar-refractivity contribution in [3.63, 3.8) is 0 Å². The van der Waals surface area contributed by atoms with Crippen molar-refractivity contribution in [3.8, 4) is 11.6 Å². The lowest BCUT2D eigenvalue weighted by molar-refractivity contribution is -0.385. The van der Waals surface area contributed by atoms with E-state index in [1.54, 1.807) is 6.07 Å². The summed E-state index contributed by atoms with van der Waals surface area (Å²) in [7, 11) is 0. The molecule has 23 heavy (non-hydrogen) atoms. The van der Waals surface area contributed by atoms with Gasteiger partial charge in [-0.1, -0.05) is 19.4 Å². The molecule has 2 rings (SSSR count). The number of aromatic nitrogens is 2. The zero-order chi connectivity index (χ0) is 16.8. The van der Waals surface area contributed by atoms with Crippen LogP contribution in [0, 0.1) is 24.0 Å². The number of nitrogens with zero attached hydrogens (tertiary/aromatic N) is 3. The molecule has 0 amide bonds. The lowest BCUT2D eigenvalue weighted by Crippen LogP contribution is -2.08. The fraction of sp³-hybridized carbons (Fsp3) is 0.375. The van der Waals surface area contributed by atoms with Crippen LogP contribution in [0.4, 0.5) is 11.5 Å². The number of hydrogen-bond donors (Lipinski definition) is 1. The molecule has 0 aliphatic heterocycles. The van der Waals surface area contributed by atoms with Gasteiger partial charge in [-0.15, -0.1) is 0 Å². The first-order chi connectivity index (χ1) is 11.0. The average Bonchev–Trinajstić information content (AvgIpc) is 2.51. The van der Waals surface area contributed by atoms with E-state index in [4.69, 9.17) is 4.74 Å². The molecule has 0 saturated carbocycles. The van der Waals surface area contributed by atoms with E-state index in [2.05, 4.69) is 15.3 Å². The van der Waals surface area contributed by atoms with Crippen molar-refractivity contribution in [2.24, 2.45) is 0 Å². The Kier molecular flexibility index (Phi) is 5.46. The lowest BCUT2D eigenvalue weighted by atomic mass is 10.1. The van der Waals surface area contributed by atoms with Crippen LogP contribution in [0.25, 0.3) is 0 Å². The van der Waals surface area contributed by atoms with Gasteiger partial charge in [-0.2, -0.15) is 4.98 Å². The second-order valence-electron chi connectivity index (χ2n) is 5.26. The Balaban J connectivity index is 2.31. The molecule has 0 atom stereocenters. The molecular formula is C16H20N4O3. The number of ether oxygens (including phenoxy) is 1. The van der Waals surface area contributed by atoms with Crippen LogP contribution in [-0.2, 0) is 0 Å². The van der Waals surface area contributed by atoms with Gasteiger partial charge in [-0.25, -0.2) is 4.98 Å². The van der Waals surface area contributed by atoms with E-state index in [-0.39, 0.29) is 17.4 Å². The quantitative estimate of drug-likeness (QED) is 0.471. The van der Waals surface area contributed by atoms with Crippen LogP contribution in [0.5, 0.6) is 11.6 Å². The van der Waals surface area contributed by atoms with Crippen LogP contribution in [-0.4, -0.2) is 21.4 Å². The van der Waals surface area contributed by atoms with Gasteiger partial charge in [-0.05, 0) is 43.5 Å². The second kappa shape index (κ2) is 7.53. The largest absolute Gasteiger partial charge is 0.434 e. The molecular weight excluding hydrogens is 296 g/mol. The van der Waals surface area contributed by atoms with Gasteiger partial charge < -0.3 is 10.1 Å². The van der Waals surface area contributed by atoms with Gasteiger partial charge in [0.25, 0.3) is 0 Å². The normalized spacial score (nSPS) is 10.4. The van der Waals surface area contributed by atoms with Crippen molar-refractivity contribution < 1.29 is 9.66 Å². The molecule has 7 heteroatoms. The van der Waals surface area contributed by atoms with Crippen LogP contribution in [0.2, 0.25) is 0 Å². The molecule has 0 saturated heterocycles. The molecule has 0 radical (unpaired) electrons. The van der Waals surface area contributed by atoms with Crippen molar-refractivity contribution in [2.45, 2.75) is 33.6 Å². The molecule has 0 fully saturated rings.